The van der Waals surface area contributed by atoms with Crippen LogP contribution in [0, 0.1) is 27.2 Å². The summed E-state index contributed by atoms with van der Waals surface area (Å²) in [5.74, 6) is -8.00. The zero-order valence-corrected chi connectivity index (χ0v) is 61.2. The highest BCUT2D eigenvalue weighted by atomic mass is 127. The zero-order valence-electron chi connectivity index (χ0n) is 59.0. The Kier molecular flexibility index (Phi) is 29.6. The maximum Gasteiger partial charge on any atom is 0.246 e. The lowest BCUT2D eigenvalue weighted by atomic mass is 9.94. The molecule has 0 spiro atoms. The summed E-state index contributed by atoms with van der Waals surface area (Å²) in [6.45, 7) is 18.1. The van der Waals surface area contributed by atoms with Crippen LogP contribution in [0.4, 0.5) is 0 Å². The molecule has 4 aliphatic rings. The molecule has 0 bridgehead atoms. The van der Waals surface area contributed by atoms with Crippen LogP contribution in [0.5, 0.6) is 0 Å². The van der Waals surface area contributed by atoms with E-state index >= 15 is 4.79 Å². The van der Waals surface area contributed by atoms with Gasteiger partial charge < -0.3 is 60.5 Å². The summed E-state index contributed by atoms with van der Waals surface area (Å²) in [4.78, 5) is 188. The van der Waals surface area contributed by atoms with Crippen molar-refractivity contribution in [2.45, 2.75) is 238 Å². The van der Waals surface area contributed by atoms with E-state index in [1.807, 2.05) is 65.8 Å². The molecule has 0 aromatic heterocycles. The number of hydrogen-bond donors (Lipinski definition) is 4. The van der Waals surface area contributed by atoms with E-state index in [1.165, 1.54) is 90.4 Å². The monoisotopic (exact) mass is 1430 g/mol. The largest absolute Gasteiger partial charge is 0.343 e. The molecule has 10 atom stereocenters. The summed E-state index contributed by atoms with van der Waals surface area (Å²) in [5.41, 5.74) is -0.979. The van der Waals surface area contributed by atoms with Crippen LogP contribution >= 0.6 is 22.6 Å². The van der Waals surface area contributed by atoms with E-state index in [9.17, 15) is 52.7 Å². The average Bonchev–Trinajstić information content (AvgIpc) is 0.799. The molecule has 25 heteroatoms. The molecule has 24 nitrogen and oxygen atoms in total. The van der Waals surface area contributed by atoms with Crippen molar-refractivity contribution < 1.29 is 57.5 Å². The van der Waals surface area contributed by atoms with E-state index in [2.05, 4.69) is 43.9 Å². The number of nitrogens with zero attached hydrogens (tertiary/aromatic N) is 8. The lowest BCUT2D eigenvalue weighted by molar-refractivity contribution is -0.160. The zero-order chi connectivity index (χ0) is 70.2. The fourth-order valence-corrected chi connectivity index (χ4v) is 13.6. The van der Waals surface area contributed by atoms with Gasteiger partial charge in [-0.3, -0.25) is 57.5 Å². The Bertz CT molecular complexity index is 2860. The molecular formula is C69H111IN12O12. The number of piperidine rings is 1. The molecule has 3 saturated heterocycles. The third-order valence-electron chi connectivity index (χ3n) is 20.0. The lowest BCUT2D eigenvalue weighted by Crippen LogP contribution is -2.65. The van der Waals surface area contributed by atoms with Crippen LogP contribution in [-0.4, -0.2) is 238 Å². The molecule has 12 amide bonds. The number of carbonyl (C=O) groups is 12. The number of fused-ring (bicyclic) bond motifs is 1. The van der Waals surface area contributed by atoms with E-state index in [1.54, 1.807) is 18.7 Å². The van der Waals surface area contributed by atoms with Gasteiger partial charge in [0.15, 0.2) is 0 Å². The number of nitrogens with one attached hydrogen (secondary N) is 4. The predicted octanol–water partition coefficient (Wildman–Crippen LogP) is 4.72. The summed E-state index contributed by atoms with van der Waals surface area (Å²) in [7, 11) is 8.75. The van der Waals surface area contributed by atoms with Gasteiger partial charge in [0, 0.05) is 71.9 Å². The lowest BCUT2D eigenvalue weighted by Gasteiger charge is -2.45. The molecule has 0 unspecified atom stereocenters. The average molecular weight is 1430 g/mol. The molecule has 3 heterocycles. The fraction of sp³-hybridized carbons (Fsp3) is 0.739. The van der Waals surface area contributed by atoms with Crippen molar-refractivity contribution in [1.82, 2.24) is 60.5 Å². The first-order valence-electron chi connectivity index (χ1n) is 34.3. The molecule has 0 radical (unpaired) electrons. The number of hydrogen-bond acceptors (Lipinski definition) is 12. The Morgan fingerprint density at radius 3 is 1.85 bits per heavy atom. The van der Waals surface area contributed by atoms with Crippen molar-refractivity contribution in [3.8, 4) is 0 Å². The van der Waals surface area contributed by atoms with Crippen LogP contribution in [-0.2, 0) is 64.0 Å². The van der Waals surface area contributed by atoms with Crippen molar-refractivity contribution in [2.24, 2.45) is 23.7 Å². The summed E-state index contributed by atoms with van der Waals surface area (Å²) in [6.07, 6.45) is 7.87. The molecule has 526 valence electrons. The minimum atomic E-state index is -1.67. The van der Waals surface area contributed by atoms with E-state index in [4.69, 9.17) is 0 Å². The Morgan fingerprint density at radius 2 is 1.28 bits per heavy atom. The van der Waals surface area contributed by atoms with Gasteiger partial charge in [0.05, 0.1) is 13.0 Å². The number of likely N-dealkylation sites (tertiary alicyclic amines) is 1. The van der Waals surface area contributed by atoms with Crippen molar-refractivity contribution in [3.63, 3.8) is 0 Å². The standard InChI is InChI=1S/C69H111IN12O12/c1-17-19-30-49-63(89)80(16)69(9,10)68(94)73-51(35-42(3)4)62(88)78(14)55(66(92)81-32-23-20-24-33-81)40-57(84)77(13)53(36-43(5)6)60(86)74-58(44(7)18-2)67(93)76(12)45(8)61(87)82-34-31-52(82)65(91)79(15)54(39-46-26-21-22-27-46)64(90)75(11)41-56(83)71-50(59(85)72-49)38-47-28-25-29-48(70)37-47/h25,28-29,37,42-46,49-55,58H,17-24,26-27,30-36,38-41H2,1-16H3,(H,71,83)(H,72,85)(H,73,94)(H,74,86)/t44-,45-,49-,50-,51-,52-,53-,54-,55-,58-/m0/s1. The number of halogens is 1. The third kappa shape index (κ3) is 20.3. The molecule has 4 fully saturated rings. The van der Waals surface area contributed by atoms with Crippen LogP contribution in [0.3, 0.4) is 0 Å². The Labute approximate surface area is 572 Å². The van der Waals surface area contributed by atoms with Gasteiger partial charge in [0.1, 0.15) is 59.9 Å². The summed E-state index contributed by atoms with van der Waals surface area (Å²) in [6, 6.07) is -3.22. The first-order chi connectivity index (χ1) is 44.2. The normalized spacial score (nSPS) is 27.1. The maximum atomic E-state index is 15.2. The summed E-state index contributed by atoms with van der Waals surface area (Å²) < 4.78 is 0.868. The van der Waals surface area contributed by atoms with Gasteiger partial charge in [0.25, 0.3) is 0 Å². The second-order valence-electron chi connectivity index (χ2n) is 28.4. The Balaban J connectivity index is 1.62. The highest BCUT2D eigenvalue weighted by Crippen LogP contribution is 2.32. The van der Waals surface area contributed by atoms with Crippen molar-refractivity contribution >= 4 is 93.5 Å². The smallest absolute Gasteiger partial charge is 0.246 e. The van der Waals surface area contributed by atoms with Gasteiger partial charge in [0.2, 0.25) is 70.9 Å². The van der Waals surface area contributed by atoms with Gasteiger partial charge in [-0.15, -0.1) is 0 Å². The SMILES string of the molecule is CCCC[C@@H]1NC(=O)[C@H](Cc2cccc(I)c2)NC(=O)CN(C)C(=O)[C@H](CC2CCCC2)N(C)C(=O)[C@@H]2CCN2C(=O)[C@H](C)N(C)C(=O)[C@H]([C@@H](C)CC)NC(=O)[C@H](CC(C)C)N(C)C(=O)C[C@@H](C(=O)N2CCCCC2)N(C)C(=O)[C@H](CC(C)C)NC(=O)C(C)(C)N(C)C1=O. The first kappa shape index (κ1) is 78.3. The fourth-order valence-electron chi connectivity index (χ4n) is 13.0. The molecule has 3 aliphatic heterocycles. The molecule has 4 N–H and O–H groups in total. The molecular weight excluding hydrogens is 1320 g/mol. The van der Waals surface area contributed by atoms with E-state index in [-0.39, 0.29) is 56.4 Å². The van der Waals surface area contributed by atoms with Crippen LogP contribution in [0.25, 0.3) is 0 Å². The molecule has 5 rings (SSSR count). The number of carbonyl (C=O) groups excluding carboxylic acids is 12. The minimum absolute atomic E-state index is 0.00601. The molecule has 1 aliphatic carbocycles. The van der Waals surface area contributed by atoms with Gasteiger partial charge in [-0.2, -0.15) is 0 Å². The van der Waals surface area contributed by atoms with Crippen molar-refractivity contribution in [3.05, 3.63) is 33.4 Å². The van der Waals surface area contributed by atoms with Crippen molar-refractivity contribution in [2.75, 3.05) is 68.5 Å². The van der Waals surface area contributed by atoms with Crippen LogP contribution in [0.15, 0.2) is 24.3 Å². The number of likely N-dealkylation sites (N-methyl/N-ethyl adjacent to an activating group) is 6. The number of benzene rings is 1. The van der Waals surface area contributed by atoms with Crippen LogP contribution in [0.2, 0.25) is 0 Å². The quantitative estimate of drug-likeness (QED) is 0.184. The maximum absolute atomic E-state index is 15.2. The summed E-state index contributed by atoms with van der Waals surface area (Å²) in [5, 5.41) is 11.6. The van der Waals surface area contributed by atoms with Crippen molar-refractivity contribution in [1.29, 1.82) is 0 Å². The predicted molar refractivity (Wildman–Crippen MR) is 367 cm³/mol. The topological polar surface area (TPSA) is 279 Å². The van der Waals surface area contributed by atoms with Gasteiger partial charge in [-0.25, -0.2) is 0 Å². The molecule has 1 aromatic rings. The van der Waals surface area contributed by atoms with Crippen LogP contribution < -0.4 is 21.3 Å². The van der Waals surface area contributed by atoms with E-state index in [0.29, 0.717) is 57.2 Å². The van der Waals surface area contributed by atoms with E-state index in [0.717, 1.165) is 35.7 Å². The Hall–Kier alpha value is -6.41. The molecule has 1 aromatic carbocycles. The molecule has 94 heavy (non-hydrogen) atoms. The highest BCUT2D eigenvalue weighted by molar-refractivity contribution is 14.1. The van der Waals surface area contributed by atoms with E-state index < -0.39 is 150 Å². The van der Waals surface area contributed by atoms with Gasteiger partial charge in [-0.1, -0.05) is 106 Å². The second kappa shape index (κ2) is 35.5. The van der Waals surface area contributed by atoms with Gasteiger partial charge >= 0.3 is 0 Å². The third-order valence-corrected chi connectivity index (χ3v) is 20.7. The first-order valence-corrected chi connectivity index (χ1v) is 35.4. The Morgan fingerprint density at radius 1 is 0.638 bits per heavy atom. The number of amides is 12. The number of unbranched alkanes of at least 4 members (excludes halogenated alkanes) is 1. The second-order valence-corrected chi connectivity index (χ2v) is 29.6. The number of rotatable bonds is 14. The van der Waals surface area contributed by atoms with Crippen LogP contribution in [0.1, 0.15) is 178 Å². The van der Waals surface area contributed by atoms with Gasteiger partial charge in [-0.05, 0) is 136 Å². The minimum Gasteiger partial charge on any atom is -0.343 e. The molecule has 1 saturated carbocycles. The summed E-state index contributed by atoms with van der Waals surface area (Å²) >= 11 is 2.15. The highest BCUT2D eigenvalue weighted by Gasteiger charge is 2.47.